The van der Waals surface area contributed by atoms with E-state index in [2.05, 4.69) is 4.74 Å². The molecule has 2 heterocycles. The van der Waals surface area contributed by atoms with Crippen LogP contribution in [-0.2, 0) is 22.5 Å². The monoisotopic (exact) mass is 621 g/mol. The van der Waals surface area contributed by atoms with Crippen molar-refractivity contribution in [3.8, 4) is 11.5 Å². The number of carbonyl (C=O) groups excluding carboxylic acids is 1. The molecular weight excluding hydrogens is 599 g/mol. The number of carbonyl (C=O) groups is 1. The molecule has 1 fully saturated rings. The van der Waals surface area contributed by atoms with Gasteiger partial charge in [0.15, 0.2) is 23.9 Å². The summed E-state index contributed by atoms with van der Waals surface area (Å²) in [7, 11) is 0. The van der Waals surface area contributed by atoms with Crippen LogP contribution in [0.5, 0.6) is 11.5 Å². The molecule has 1 aliphatic carbocycles. The smallest absolute Gasteiger partial charge is 0.387 e. The Bertz CT molecular complexity index is 1620. The van der Waals surface area contributed by atoms with E-state index in [0.29, 0.717) is 33.8 Å². The maximum atomic E-state index is 13.3. The summed E-state index contributed by atoms with van der Waals surface area (Å²) in [5.74, 6) is -0.599. The Morgan fingerprint density at radius 2 is 1.86 bits per heavy atom. The number of ether oxygens (including phenoxy) is 3. The highest BCUT2D eigenvalue weighted by Gasteiger charge is 2.27. The summed E-state index contributed by atoms with van der Waals surface area (Å²) in [4.78, 5) is 24.3. The topological polar surface area (TPSA) is 120 Å². The Morgan fingerprint density at radius 3 is 2.52 bits per heavy atom. The minimum Gasteiger partial charge on any atom is -0.619 e. The lowest BCUT2D eigenvalue weighted by molar-refractivity contribution is -0.605. The van der Waals surface area contributed by atoms with Gasteiger partial charge in [-0.2, -0.15) is 13.5 Å². The van der Waals surface area contributed by atoms with Gasteiger partial charge in [-0.15, -0.1) is 0 Å². The van der Waals surface area contributed by atoms with Crippen molar-refractivity contribution in [3.63, 3.8) is 0 Å². The maximum absolute atomic E-state index is 13.3. The number of para-hydroxylation sites is 1. The van der Waals surface area contributed by atoms with E-state index < -0.39 is 23.6 Å². The number of pyridine rings is 1. The molecule has 42 heavy (non-hydrogen) atoms. The Morgan fingerprint density at radius 1 is 1.12 bits per heavy atom. The largest absolute Gasteiger partial charge is 0.619 e. The Kier molecular flexibility index (Phi) is 8.64. The fourth-order valence-corrected chi connectivity index (χ4v) is 5.12. The summed E-state index contributed by atoms with van der Waals surface area (Å²) in [5, 5.41) is 24.0. The van der Waals surface area contributed by atoms with Crippen molar-refractivity contribution in [2.45, 2.75) is 38.5 Å². The Hall–Kier alpha value is -4.16. The summed E-state index contributed by atoms with van der Waals surface area (Å²) >= 11 is 12.6. The zero-order valence-electron chi connectivity index (χ0n) is 21.8. The van der Waals surface area contributed by atoms with Crippen molar-refractivity contribution in [1.29, 1.82) is 0 Å². The molecule has 0 saturated heterocycles. The quantitative estimate of drug-likeness (QED) is 0.0589. The number of esters is 1. The van der Waals surface area contributed by atoms with Gasteiger partial charge in [0.2, 0.25) is 0 Å². The first-order chi connectivity index (χ1) is 20.1. The number of alkyl halides is 2. The molecule has 1 saturated carbocycles. The second-order valence-corrected chi connectivity index (χ2v) is 10.5. The van der Waals surface area contributed by atoms with E-state index in [9.17, 15) is 28.9 Å². The summed E-state index contributed by atoms with van der Waals surface area (Å²) in [6.45, 7) is -3.17. The van der Waals surface area contributed by atoms with Gasteiger partial charge in [0.1, 0.15) is 28.2 Å². The van der Waals surface area contributed by atoms with Crippen LogP contribution in [0.3, 0.4) is 0 Å². The lowest BCUT2D eigenvalue weighted by atomic mass is 10.0. The average molecular weight is 622 g/mol. The van der Waals surface area contributed by atoms with E-state index >= 15 is 0 Å². The summed E-state index contributed by atoms with van der Waals surface area (Å²) in [6.07, 6.45) is 4.48. The summed E-state index contributed by atoms with van der Waals surface area (Å²) in [6, 6.07) is 10.4. The van der Waals surface area contributed by atoms with Gasteiger partial charge in [-0.25, -0.2) is 0 Å². The molecule has 5 rings (SSSR count). The standard InChI is InChI=1S/C28H23Cl2F2N3O7/c29-20-12-34(37)13-21(30)19(20)11-24(18-6-7-23(42-28(31)32)25(10-18)40-15-16-4-5-16)41-26(36)14-33-9-8-17-2-1-3-22(27(17)33)35(38)39/h1-3,6-10,12-13,16,24,28H,4-5,11,14-15H2. The number of nitro groups is 1. The van der Waals surface area contributed by atoms with Crippen molar-refractivity contribution < 1.29 is 37.4 Å². The normalized spacial score (nSPS) is 13.7. The third-order valence-corrected chi connectivity index (χ3v) is 7.36. The molecule has 0 aliphatic heterocycles. The molecule has 220 valence electrons. The predicted molar refractivity (Wildman–Crippen MR) is 148 cm³/mol. The number of benzene rings is 2. The molecule has 2 aromatic carbocycles. The van der Waals surface area contributed by atoms with Crippen LogP contribution in [0.4, 0.5) is 14.5 Å². The summed E-state index contributed by atoms with van der Waals surface area (Å²) < 4.78 is 44.2. The molecule has 1 aliphatic rings. The Balaban J connectivity index is 1.48. The second kappa shape index (κ2) is 12.4. The third kappa shape index (κ3) is 6.82. The number of hydrogen-bond acceptors (Lipinski definition) is 7. The number of non-ortho nitro benzene ring substituents is 1. The van der Waals surface area contributed by atoms with Crippen LogP contribution in [0, 0.1) is 21.2 Å². The molecular formula is C28H23Cl2F2N3O7. The van der Waals surface area contributed by atoms with Crippen LogP contribution < -0.4 is 14.2 Å². The van der Waals surface area contributed by atoms with Gasteiger partial charge in [-0.1, -0.05) is 41.4 Å². The van der Waals surface area contributed by atoms with Crippen molar-refractivity contribution >= 4 is 45.8 Å². The molecule has 14 heteroatoms. The van der Waals surface area contributed by atoms with Gasteiger partial charge < -0.3 is 24.0 Å². The van der Waals surface area contributed by atoms with Gasteiger partial charge in [-0.3, -0.25) is 14.9 Å². The highest BCUT2D eigenvalue weighted by Crippen LogP contribution is 2.38. The lowest BCUT2D eigenvalue weighted by Crippen LogP contribution is -2.26. The minimum absolute atomic E-state index is 0.0217. The van der Waals surface area contributed by atoms with Gasteiger partial charge in [0, 0.05) is 29.6 Å². The zero-order valence-corrected chi connectivity index (χ0v) is 23.3. The van der Waals surface area contributed by atoms with Gasteiger partial charge in [0.25, 0.3) is 5.69 Å². The van der Waals surface area contributed by atoms with Crippen LogP contribution in [-0.4, -0.2) is 28.7 Å². The molecule has 10 nitrogen and oxygen atoms in total. The average Bonchev–Trinajstić information content (AvgIpc) is 3.67. The molecule has 2 aromatic heterocycles. The molecule has 4 aromatic rings. The van der Waals surface area contributed by atoms with E-state index in [1.54, 1.807) is 18.2 Å². The van der Waals surface area contributed by atoms with Crippen LogP contribution in [0.15, 0.2) is 61.1 Å². The minimum atomic E-state index is -3.09. The van der Waals surface area contributed by atoms with Gasteiger partial charge in [0.05, 0.1) is 11.5 Å². The molecule has 0 bridgehead atoms. The zero-order chi connectivity index (χ0) is 30.0. The number of fused-ring (bicyclic) bond motifs is 1. The van der Waals surface area contributed by atoms with Crippen LogP contribution in [0.1, 0.15) is 30.1 Å². The first-order valence-electron chi connectivity index (χ1n) is 12.8. The molecule has 0 amide bonds. The molecule has 0 N–H and O–H groups in total. The lowest BCUT2D eigenvalue weighted by Gasteiger charge is -2.21. The number of halogens is 4. The van der Waals surface area contributed by atoms with E-state index in [-0.39, 0.29) is 45.7 Å². The van der Waals surface area contributed by atoms with Crippen LogP contribution in [0.2, 0.25) is 10.0 Å². The highest BCUT2D eigenvalue weighted by atomic mass is 35.5. The molecule has 0 spiro atoms. The number of nitrogens with zero attached hydrogens (tertiary/aromatic N) is 3. The third-order valence-electron chi connectivity index (χ3n) is 6.71. The maximum Gasteiger partial charge on any atom is 0.387 e. The van der Waals surface area contributed by atoms with Crippen molar-refractivity contribution in [1.82, 2.24) is 4.57 Å². The second-order valence-electron chi connectivity index (χ2n) is 9.73. The number of hydrogen-bond donors (Lipinski definition) is 0. The predicted octanol–water partition coefficient (Wildman–Crippen LogP) is 6.41. The van der Waals surface area contributed by atoms with Crippen molar-refractivity contribution in [2.75, 3.05) is 6.61 Å². The molecule has 0 radical (unpaired) electrons. The van der Waals surface area contributed by atoms with Gasteiger partial charge >= 0.3 is 12.6 Å². The molecule has 1 atom stereocenters. The van der Waals surface area contributed by atoms with E-state index in [1.807, 2.05) is 0 Å². The van der Waals surface area contributed by atoms with E-state index in [0.717, 1.165) is 25.2 Å². The molecule has 1 unspecified atom stereocenters. The summed E-state index contributed by atoms with van der Waals surface area (Å²) in [5.41, 5.74) is 0.723. The van der Waals surface area contributed by atoms with Crippen molar-refractivity contribution in [3.05, 3.63) is 97.5 Å². The number of rotatable bonds is 12. The van der Waals surface area contributed by atoms with Crippen molar-refractivity contribution in [2.24, 2.45) is 5.92 Å². The fourth-order valence-electron chi connectivity index (χ4n) is 4.52. The Labute approximate surface area is 247 Å². The highest BCUT2D eigenvalue weighted by molar-refractivity contribution is 6.35. The number of nitro benzene ring substituents is 1. The van der Waals surface area contributed by atoms with Gasteiger partial charge in [-0.05, 0) is 42.5 Å². The van der Waals surface area contributed by atoms with Crippen LogP contribution >= 0.6 is 23.2 Å². The van der Waals surface area contributed by atoms with E-state index in [4.69, 9.17) is 32.7 Å². The fraction of sp³-hybridized carbons (Fsp3) is 0.286. The number of aromatic nitrogens is 2. The van der Waals surface area contributed by atoms with E-state index in [1.165, 1.54) is 35.0 Å². The first-order valence-corrected chi connectivity index (χ1v) is 13.5. The van der Waals surface area contributed by atoms with Crippen LogP contribution in [0.25, 0.3) is 10.9 Å². The first kappa shape index (κ1) is 29.3. The SMILES string of the molecule is O=C(Cn1ccc2cccc([N+](=O)[O-])c21)OC(Cc1c(Cl)c[n+]([O-])cc1Cl)c1ccc(OC(F)F)c(OCC2CC2)c1.